The van der Waals surface area contributed by atoms with E-state index in [4.69, 9.17) is 7.98 Å². The monoisotopic (exact) mass is 215 g/mol. The second-order valence-corrected chi connectivity index (χ2v) is 4.85. The molecule has 1 nitrogen and oxygen atoms in total. The molecule has 1 rings (SSSR count). The van der Waals surface area contributed by atoms with Crippen molar-refractivity contribution in [3.63, 3.8) is 0 Å². The van der Waals surface area contributed by atoms with Crippen molar-refractivity contribution in [2.75, 3.05) is 13.6 Å². The molecule has 1 aromatic carbocycles. The van der Waals surface area contributed by atoms with E-state index in [2.05, 4.69) is 45.0 Å². The van der Waals surface area contributed by atoms with Crippen LogP contribution in [0.25, 0.3) is 0 Å². The Morgan fingerprint density at radius 1 is 1.38 bits per heavy atom. The van der Waals surface area contributed by atoms with Gasteiger partial charge >= 0.3 is 0 Å². The van der Waals surface area contributed by atoms with Crippen molar-refractivity contribution < 1.29 is 0 Å². The van der Waals surface area contributed by atoms with Gasteiger partial charge in [0.15, 0.2) is 7.98 Å². The van der Waals surface area contributed by atoms with E-state index in [0.29, 0.717) is 11.8 Å². The number of nitrogens with zero attached hydrogens (tertiary/aromatic N) is 1. The Kier molecular flexibility index (Phi) is 5.07. The molecular weight excluding hydrogens is 193 g/mol. The fourth-order valence-corrected chi connectivity index (χ4v) is 2.45. The summed E-state index contributed by atoms with van der Waals surface area (Å²) in [6.45, 7) is 7.61. The summed E-state index contributed by atoms with van der Waals surface area (Å²) in [5.41, 5.74) is 2.78. The summed E-state index contributed by atoms with van der Waals surface area (Å²) >= 11 is 0. The molecule has 2 heteroatoms. The lowest BCUT2D eigenvalue weighted by Gasteiger charge is -2.26. The van der Waals surface area contributed by atoms with E-state index < -0.39 is 0 Å². The van der Waals surface area contributed by atoms with Gasteiger partial charge in [-0.15, -0.1) is 0 Å². The largest absolute Gasteiger partial charge is 0.356 e. The minimum absolute atomic E-state index is 0.585. The molecule has 0 heterocycles. The Morgan fingerprint density at radius 2 is 2.06 bits per heavy atom. The van der Waals surface area contributed by atoms with Crippen molar-refractivity contribution in [3.8, 4) is 0 Å². The second-order valence-electron chi connectivity index (χ2n) is 4.85. The summed E-state index contributed by atoms with van der Waals surface area (Å²) in [6.07, 6.45) is 1.17. The predicted octanol–water partition coefficient (Wildman–Crippen LogP) is 3.14. The van der Waals surface area contributed by atoms with Gasteiger partial charge in [0.25, 0.3) is 0 Å². The molecule has 0 amide bonds. The summed E-state index contributed by atoms with van der Waals surface area (Å²) in [5.74, 6) is 1.19. The Labute approximate surface area is 101 Å². The van der Waals surface area contributed by atoms with Gasteiger partial charge in [-0.3, -0.25) is 0 Å². The van der Waals surface area contributed by atoms with Crippen LogP contribution < -0.4 is 0 Å². The van der Waals surface area contributed by atoms with E-state index in [1.165, 1.54) is 17.5 Å². The average Bonchev–Trinajstić information content (AvgIpc) is 2.17. The van der Waals surface area contributed by atoms with E-state index >= 15 is 0 Å². The van der Waals surface area contributed by atoms with Crippen LogP contribution in [0.4, 0.5) is 0 Å². The Bertz CT molecular complexity index is 322. The van der Waals surface area contributed by atoms with Crippen molar-refractivity contribution >= 4 is 7.98 Å². The summed E-state index contributed by atoms with van der Waals surface area (Å²) < 4.78 is 0. The third-order valence-electron chi connectivity index (χ3n) is 3.17. The van der Waals surface area contributed by atoms with Gasteiger partial charge < -0.3 is 4.81 Å². The molecule has 1 aromatic rings. The highest BCUT2D eigenvalue weighted by molar-refractivity contribution is 6.04. The normalized spacial score (nSPS) is 15.1. The minimum Gasteiger partial charge on any atom is -0.356 e. The van der Waals surface area contributed by atoms with Crippen LogP contribution in [-0.4, -0.2) is 26.4 Å². The van der Waals surface area contributed by atoms with Crippen LogP contribution in [0.5, 0.6) is 0 Å². The lowest BCUT2D eigenvalue weighted by molar-refractivity contribution is 0.363. The van der Waals surface area contributed by atoms with Crippen LogP contribution in [0.3, 0.4) is 0 Å². The lowest BCUT2D eigenvalue weighted by Crippen LogP contribution is -2.25. The molecule has 0 fully saturated rings. The smallest absolute Gasteiger partial charge is 0.182 e. The lowest BCUT2D eigenvalue weighted by atomic mass is 9.84. The zero-order valence-corrected chi connectivity index (χ0v) is 10.9. The van der Waals surface area contributed by atoms with Gasteiger partial charge in [0.1, 0.15) is 0 Å². The van der Waals surface area contributed by atoms with E-state index in [9.17, 15) is 0 Å². The van der Waals surface area contributed by atoms with Crippen molar-refractivity contribution in [3.05, 3.63) is 35.4 Å². The summed E-state index contributed by atoms with van der Waals surface area (Å²) in [7, 11) is 7.66. The van der Waals surface area contributed by atoms with Crippen LogP contribution >= 0.6 is 0 Å². The van der Waals surface area contributed by atoms with Crippen molar-refractivity contribution in [1.82, 2.24) is 4.81 Å². The number of aryl methyl sites for hydroxylation is 1. The van der Waals surface area contributed by atoms with Gasteiger partial charge in [-0.25, -0.2) is 0 Å². The SMILES string of the molecule is [B]N(C)CC(C)C(CC)c1cccc(C)c1. The Morgan fingerprint density at radius 3 is 2.56 bits per heavy atom. The number of hydrogen-bond acceptors (Lipinski definition) is 1. The maximum atomic E-state index is 5.73. The van der Waals surface area contributed by atoms with Gasteiger partial charge in [0.2, 0.25) is 0 Å². The van der Waals surface area contributed by atoms with E-state index in [1.807, 2.05) is 7.05 Å². The molecule has 2 unspecified atom stereocenters. The second kappa shape index (κ2) is 6.10. The molecule has 2 atom stereocenters. The van der Waals surface area contributed by atoms with Gasteiger partial charge in [-0.2, -0.15) is 0 Å². The molecular formula is C14H22BN. The van der Waals surface area contributed by atoms with Crippen molar-refractivity contribution in [2.45, 2.75) is 33.1 Å². The van der Waals surface area contributed by atoms with Gasteiger partial charge in [0.05, 0.1) is 0 Å². The fraction of sp³-hybridized carbons (Fsp3) is 0.571. The van der Waals surface area contributed by atoms with E-state index in [0.717, 1.165) is 6.54 Å². The van der Waals surface area contributed by atoms with E-state index in [-0.39, 0.29) is 0 Å². The van der Waals surface area contributed by atoms with Crippen molar-refractivity contribution in [2.24, 2.45) is 5.92 Å². The third-order valence-corrected chi connectivity index (χ3v) is 3.17. The summed E-state index contributed by atoms with van der Waals surface area (Å²) in [6, 6.07) is 8.82. The number of rotatable bonds is 5. The van der Waals surface area contributed by atoms with Gasteiger partial charge in [0, 0.05) is 0 Å². The molecule has 0 bridgehead atoms. The quantitative estimate of drug-likeness (QED) is 0.682. The molecule has 0 saturated carbocycles. The third kappa shape index (κ3) is 3.68. The first-order chi connectivity index (χ1) is 7.54. The van der Waals surface area contributed by atoms with Crippen molar-refractivity contribution in [1.29, 1.82) is 0 Å². The van der Waals surface area contributed by atoms with Gasteiger partial charge in [-0.1, -0.05) is 43.7 Å². The molecule has 0 saturated heterocycles. The average molecular weight is 215 g/mol. The van der Waals surface area contributed by atoms with Crippen LogP contribution in [0.1, 0.15) is 37.3 Å². The summed E-state index contributed by atoms with van der Waals surface area (Å²) in [4.78, 5) is 1.78. The number of benzene rings is 1. The fourth-order valence-electron chi connectivity index (χ4n) is 2.45. The predicted molar refractivity (Wildman–Crippen MR) is 71.8 cm³/mol. The molecule has 0 aromatic heterocycles. The zero-order chi connectivity index (χ0) is 12.1. The standard InChI is InChI=1S/C14H22BN/c1-5-14(12(3)10-16(4)15)13-8-6-7-11(2)9-13/h6-9,12,14H,5,10H2,1-4H3. The zero-order valence-electron chi connectivity index (χ0n) is 10.9. The first-order valence-corrected chi connectivity index (χ1v) is 6.07. The maximum absolute atomic E-state index is 5.73. The van der Waals surface area contributed by atoms with Crippen LogP contribution in [-0.2, 0) is 0 Å². The van der Waals surface area contributed by atoms with E-state index in [1.54, 1.807) is 4.81 Å². The minimum atomic E-state index is 0.585. The molecule has 0 N–H and O–H groups in total. The van der Waals surface area contributed by atoms with Crippen LogP contribution in [0.15, 0.2) is 24.3 Å². The molecule has 16 heavy (non-hydrogen) atoms. The topological polar surface area (TPSA) is 3.24 Å². The Balaban J connectivity index is 2.81. The first-order valence-electron chi connectivity index (χ1n) is 6.07. The van der Waals surface area contributed by atoms with Crippen LogP contribution in [0.2, 0.25) is 0 Å². The molecule has 0 spiro atoms. The van der Waals surface area contributed by atoms with Gasteiger partial charge in [-0.05, 0) is 44.3 Å². The Hall–Kier alpha value is -0.755. The van der Waals surface area contributed by atoms with Crippen LogP contribution in [0, 0.1) is 12.8 Å². The molecule has 86 valence electrons. The molecule has 0 aliphatic carbocycles. The first kappa shape index (κ1) is 13.3. The highest BCUT2D eigenvalue weighted by atomic mass is 15.0. The molecule has 2 radical (unpaired) electrons. The summed E-state index contributed by atoms with van der Waals surface area (Å²) in [5, 5.41) is 0. The maximum Gasteiger partial charge on any atom is 0.182 e. The highest BCUT2D eigenvalue weighted by Crippen LogP contribution is 2.28. The highest BCUT2D eigenvalue weighted by Gasteiger charge is 2.17. The molecule has 0 aliphatic heterocycles. The number of hydrogen-bond donors (Lipinski definition) is 0. The molecule has 0 aliphatic rings.